The second-order valence-corrected chi connectivity index (χ2v) is 28.6. The summed E-state index contributed by atoms with van der Waals surface area (Å²) in [6.45, 7) is 32.9. The topological polar surface area (TPSA) is 6.48 Å². The highest BCUT2D eigenvalue weighted by atomic mass is 15.2. The van der Waals surface area contributed by atoms with Crippen molar-refractivity contribution in [3.8, 4) is 11.1 Å². The van der Waals surface area contributed by atoms with Crippen molar-refractivity contribution in [3.05, 3.63) is 219 Å². The van der Waals surface area contributed by atoms with Crippen molar-refractivity contribution >= 4 is 57.2 Å². The lowest BCUT2D eigenvalue weighted by molar-refractivity contribution is 0.332. The van der Waals surface area contributed by atoms with Gasteiger partial charge in [0, 0.05) is 48.9 Å². The zero-order chi connectivity index (χ0) is 57.8. The van der Waals surface area contributed by atoms with E-state index in [1.165, 1.54) is 61.0 Å². The lowest BCUT2D eigenvalue weighted by Crippen LogP contribution is -2.62. The van der Waals surface area contributed by atoms with Crippen LogP contribution in [0.2, 0.25) is 0 Å². The van der Waals surface area contributed by atoms with Gasteiger partial charge in [-0.05, 0) is 186 Å². The van der Waals surface area contributed by atoms with E-state index >= 15 is 0 Å². The average Bonchev–Trinajstić information content (AvgIpc) is 2.08. The van der Waals surface area contributed by atoms with Crippen LogP contribution in [0.5, 0.6) is 0 Å². The van der Waals surface area contributed by atoms with Gasteiger partial charge in [0.05, 0.1) is 5.69 Å². The first-order chi connectivity index (χ1) is 37.9. The largest absolute Gasteiger partial charge is 0.311 e. The second kappa shape index (κ2) is 17.7. The van der Waals surface area contributed by atoms with Gasteiger partial charge < -0.3 is 9.80 Å². The summed E-state index contributed by atoms with van der Waals surface area (Å²) in [7, 11) is 0. The van der Waals surface area contributed by atoms with Crippen LogP contribution < -0.4 is 26.2 Å². The standard InChI is InChI=1S/C75H83BN2/c1-48-41-66-68-67(42-48)78(63-35-31-53(74(13,14)51-23-19-17-20-24-51)43-56(63)49-27-29-50(30-28-49)69(2,3)4)64-36-32-54(75(15,16)52-25-21-18-22-26-52)44-61(64)76(68)62-46-59-60(73(11,12)40-39-72(59,9)10)47-65(62)77(66)55-33-34-57-58(45-55)71(7,8)38-37-70(57,5)6/h17-36,41-47H,37-40H2,1-16H3/i1D3. The van der Waals surface area contributed by atoms with Crippen molar-refractivity contribution in [3.63, 3.8) is 0 Å². The molecular weight excluding hydrogens is 940 g/mol. The quantitative estimate of drug-likeness (QED) is 0.147. The fourth-order valence-corrected chi connectivity index (χ4v) is 14.2. The number of aryl methyl sites for hydroxylation is 1. The summed E-state index contributed by atoms with van der Waals surface area (Å²) >= 11 is 0. The van der Waals surface area contributed by atoms with Gasteiger partial charge in [-0.2, -0.15) is 0 Å². The zero-order valence-electron chi connectivity index (χ0n) is 52.4. The third kappa shape index (κ3) is 8.26. The molecule has 2 nitrogen and oxygen atoms in total. The zero-order valence-corrected chi connectivity index (χ0v) is 49.4. The number of rotatable bonds is 7. The van der Waals surface area contributed by atoms with Gasteiger partial charge in [-0.15, -0.1) is 0 Å². The maximum absolute atomic E-state index is 9.40. The van der Waals surface area contributed by atoms with Crippen molar-refractivity contribution in [1.82, 2.24) is 0 Å². The van der Waals surface area contributed by atoms with Crippen molar-refractivity contribution in [2.24, 2.45) is 0 Å². The number of hydrogen-bond donors (Lipinski definition) is 0. The Morgan fingerprint density at radius 3 is 1.42 bits per heavy atom. The van der Waals surface area contributed by atoms with Crippen molar-refractivity contribution < 1.29 is 4.11 Å². The molecule has 4 aliphatic rings. The van der Waals surface area contributed by atoms with E-state index in [-0.39, 0.29) is 44.6 Å². The Labute approximate surface area is 473 Å². The van der Waals surface area contributed by atoms with Crippen LogP contribution in [-0.4, -0.2) is 6.71 Å². The van der Waals surface area contributed by atoms with Gasteiger partial charge >= 0.3 is 0 Å². The first kappa shape index (κ1) is 48.5. The summed E-state index contributed by atoms with van der Waals surface area (Å²) in [5, 5.41) is 0. The molecule has 0 bridgehead atoms. The van der Waals surface area contributed by atoms with E-state index in [2.05, 4.69) is 265 Å². The van der Waals surface area contributed by atoms with E-state index < -0.39 is 6.85 Å². The molecule has 2 aliphatic carbocycles. The molecule has 2 heterocycles. The maximum atomic E-state index is 9.40. The van der Waals surface area contributed by atoms with E-state index in [0.717, 1.165) is 76.4 Å². The van der Waals surface area contributed by atoms with E-state index in [1.54, 1.807) is 0 Å². The minimum Gasteiger partial charge on any atom is -0.311 e. The molecule has 8 aromatic rings. The van der Waals surface area contributed by atoms with Crippen LogP contribution in [0.1, 0.15) is 189 Å². The van der Waals surface area contributed by atoms with Crippen molar-refractivity contribution in [1.29, 1.82) is 0 Å². The highest BCUT2D eigenvalue weighted by Gasteiger charge is 2.48. The van der Waals surface area contributed by atoms with Crippen LogP contribution in [0.15, 0.2) is 164 Å². The van der Waals surface area contributed by atoms with Gasteiger partial charge in [0.25, 0.3) is 6.71 Å². The van der Waals surface area contributed by atoms with Crippen LogP contribution in [0.3, 0.4) is 0 Å². The van der Waals surface area contributed by atoms with Gasteiger partial charge in [-0.3, -0.25) is 0 Å². The fourth-order valence-electron chi connectivity index (χ4n) is 14.2. The summed E-state index contributed by atoms with van der Waals surface area (Å²) in [5.74, 6) is 0. The van der Waals surface area contributed by atoms with Gasteiger partial charge in [-0.25, -0.2) is 0 Å². The highest BCUT2D eigenvalue weighted by Crippen LogP contribution is 2.54. The molecule has 2 aliphatic heterocycles. The van der Waals surface area contributed by atoms with E-state index in [4.69, 9.17) is 0 Å². The minimum absolute atomic E-state index is 0.0232. The molecule has 0 saturated carbocycles. The lowest BCUT2D eigenvalue weighted by Gasteiger charge is -2.48. The van der Waals surface area contributed by atoms with Gasteiger partial charge in [0.1, 0.15) is 0 Å². The predicted molar refractivity (Wildman–Crippen MR) is 337 cm³/mol. The molecule has 396 valence electrons. The van der Waals surface area contributed by atoms with Gasteiger partial charge in [-0.1, -0.05) is 219 Å². The molecule has 0 amide bonds. The molecule has 78 heavy (non-hydrogen) atoms. The third-order valence-electron chi connectivity index (χ3n) is 19.9. The van der Waals surface area contributed by atoms with Crippen LogP contribution in [0, 0.1) is 6.85 Å². The first-order valence-electron chi connectivity index (χ1n) is 30.5. The van der Waals surface area contributed by atoms with Gasteiger partial charge in [0.15, 0.2) is 0 Å². The Kier molecular flexibility index (Phi) is 11.0. The molecule has 0 unspecified atom stereocenters. The van der Waals surface area contributed by atoms with Crippen molar-refractivity contribution in [2.45, 2.75) is 174 Å². The maximum Gasteiger partial charge on any atom is 0.252 e. The summed E-state index contributed by atoms with van der Waals surface area (Å²) in [6.07, 6.45) is 4.39. The van der Waals surface area contributed by atoms with E-state index in [0.29, 0.717) is 5.56 Å². The predicted octanol–water partition coefficient (Wildman–Crippen LogP) is 18.4. The van der Waals surface area contributed by atoms with Crippen LogP contribution in [0.25, 0.3) is 11.1 Å². The fraction of sp³-hybridized carbons (Fsp3) is 0.360. The number of fused-ring (bicyclic) bond motifs is 6. The molecule has 0 saturated heterocycles. The minimum atomic E-state index is -2.42. The Morgan fingerprint density at radius 1 is 0.397 bits per heavy atom. The molecule has 8 aromatic carbocycles. The first-order valence-corrected chi connectivity index (χ1v) is 29.0. The normalized spacial score (nSPS) is 18.3. The average molecular weight is 1030 g/mol. The highest BCUT2D eigenvalue weighted by molar-refractivity contribution is 7.00. The summed E-state index contributed by atoms with van der Waals surface area (Å²) in [4.78, 5) is 4.95. The monoisotopic (exact) mass is 1030 g/mol. The molecule has 0 fully saturated rings. The van der Waals surface area contributed by atoms with E-state index in [1.807, 2.05) is 12.1 Å². The number of anilines is 6. The molecule has 0 aromatic heterocycles. The number of benzene rings is 8. The second-order valence-electron chi connectivity index (χ2n) is 28.6. The molecule has 0 spiro atoms. The molecular formula is C75H83BN2. The van der Waals surface area contributed by atoms with Crippen LogP contribution in [0.4, 0.5) is 34.1 Å². The molecule has 0 atom stereocenters. The Hall–Kier alpha value is -6.58. The molecule has 12 rings (SSSR count). The Bertz CT molecular complexity index is 3800. The molecule has 3 heteroatoms. The number of nitrogens with zero attached hydrogens (tertiary/aromatic N) is 2. The van der Waals surface area contributed by atoms with Crippen molar-refractivity contribution in [2.75, 3.05) is 9.80 Å². The molecule has 0 N–H and O–H groups in total. The van der Waals surface area contributed by atoms with Gasteiger partial charge in [0.2, 0.25) is 0 Å². The van der Waals surface area contributed by atoms with Crippen LogP contribution in [-0.2, 0) is 37.9 Å². The summed E-state index contributed by atoms with van der Waals surface area (Å²) in [6, 6.07) is 61.7. The smallest absolute Gasteiger partial charge is 0.252 e. The summed E-state index contributed by atoms with van der Waals surface area (Å²) in [5.41, 5.74) is 23.2. The van der Waals surface area contributed by atoms with E-state index in [9.17, 15) is 4.11 Å². The lowest BCUT2D eigenvalue weighted by atomic mass is 9.33. The van der Waals surface area contributed by atoms with Crippen LogP contribution >= 0.6 is 0 Å². The number of hydrogen-bond acceptors (Lipinski definition) is 2. The Morgan fingerprint density at radius 2 is 0.872 bits per heavy atom. The Balaban J connectivity index is 1.22. The summed E-state index contributed by atoms with van der Waals surface area (Å²) < 4.78 is 28.2. The SMILES string of the molecule is [2H]C([2H])([2H])c1cc2c3c(c1)N(c1ccc(C(C)(C)c4ccccc4)cc1-c1ccc(C(C)(C)C)cc1)c1ccc(C(C)(C)c4ccccc4)cc1B3c1cc3c(cc1N2c1ccc2c(c1)C(C)(C)CCC2(C)C)C(C)(C)CCC3(C)C. The third-order valence-corrected chi connectivity index (χ3v) is 19.9. The molecule has 0 radical (unpaired) electrons.